The summed E-state index contributed by atoms with van der Waals surface area (Å²) in [5.74, 6) is 0.966. The van der Waals surface area contributed by atoms with Crippen LogP contribution in [-0.2, 0) is 6.42 Å². The molecule has 1 fully saturated rings. The molecule has 0 aliphatic heterocycles. The second kappa shape index (κ2) is 2.89. The van der Waals surface area contributed by atoms with Crippen LogP contribution in [0.4, 0.5) is 0 Å². The molecule has 1 heterocycles. The first-order valence-electron chi connectivity index (χ1n) is 4.08. The lowest BCUT2D eigenvalue weighted by Gasteiger charge is -2.07. The molecule has 0 atom stereocenters. The van der Waals surface area contributed by atoms with Crippen molar-refractivity contribution in [3.8, 4) is 0 Å². The Bertz CT molecular complexity index is 276. The molecule has 0 bridgehead atoms. The minimum atomic E-state index is 0.150. The molecule has 0 amide bonds. The molecular formula is C9H11BrO2. The van der Waals surface area contributed by atoms with Crippen molar-refractivity contribution in [2.24, 2.45) is 5.41 Å². The maximum atomic E-state index is 9.07. The normalized spacial score (nSPS) is 19.5. The van der Waals surface area contributed by atoms with Crippen LogP contribution in [0.5, 0.6) is 0 Å². The quantitative estimate of drug-likeness (QED) is 0.866. The van der Waals surface area contributed by atoms with Crippen LogP contribution in [0.1, 0.15) is 18.6 Å². The largest absolute Gasteiger partial charge is 0.468 e. The Morgan fingerprint density at radius 1 is 1.58 bits per heavy atom. The van der Waals surface area contributed by atoms with Gasteiger partial charge < -0.3 is 9.52 Å². The zero-order valence-corrected chi connectivity index (χ0v) is 8.30. The van der Waals surface area contributed by atoms with Gasteiger partial charge in [-0.25, -0.2) is 0 Å². The van der Waals surface area contributed by atoms with Crippen LogP contribution in [0, 0.1) is 5.41 Å². The highest BCUT2D eigenvalue weighted by atomic mass is 79.9. The predicted octanol–water partition coefficient (Wildman–Crippen LogP) is 2.36. The van der Waals surface area contributed by atoms with Crippen LogP contribution >= 0.6 is 15.9 Å². The van der Waals surface area contributed by atoms with Crippen LogP contribution in [0.3, 0.4) is 0 Å². The van der Waals surface area contributed by atoms with Gasteiger partial charge in [-0.1, -0.05) is 0 Å². The first-order valence-corrected chi connectivity index (χ1v) is 4.87. The third kappa shape index (κ3) is 1.57. The van der Waals surface area contributed by atoms with Crippen molar-refractivity contribution < 1.29 is 9.52 Å². The molecule has 1 aromatic rings. The molecular weight excluding hydrogens is 220 g/mol. The maximum absolute atomic E-state index is 9.07. The van der Waals surface area contributed by atoms with Crippen molar-refractivity contribution in [1.82, 2.24) is 0 Å². The van der Waals surface area contributed by atoms with Gasteiger partial charge in [-0.05, 0) is 34.8 Å². The Hall–Kier alpha value is -0.280. The lowest BCUT2D eigenvalue weighted by Crippen LogP contribution is -2.09. The first kappa shape index (κ1) is 8.32. The molecule has 1 N–H and O–H groups in total. The van der Waals surface area contributed by atoms with Gasteiger partial charge >= 0.3 is 0 Å². The van der Waals surface area contributed by atoms with E-state index in [9.17, 15) is 0 Å². The fourth-order valence-corrected chi connectivity index (χ4v) is 1.73. The number of rotatable bonds is 3. The Morgan fingerprint density at radius 2 is 2.33 bits per heavy atom. The third-order valence-corrected chi connectivity index (χ3v) is 2.88. The second-order valence-electron chi connectivity index (χ2n) is 3.57. The van der Waals surface area contributed by atoms with Crippen LogP contribution in [0.25, 0.3) is 0 Å². The summed E-state index contributed by atoms with van der Waals surface area (Å²) in [6, 6.07) is 1.97. The third-order valence-electron chi connectivity index (χ3n) is 2.46. The van der Waals surface area contributed by atoms with Gasteiger partial charge in [0.1, 0.15) is 12.0 Å². The molecule has 1 saturated carbocycles. The number of aliphatic hydroxyl groups excluding tert-OH is 1. The number of hydrogen-bond acceptors (Lipinski definition) is 2. The van der Waals surface area contributed by atoms with Gasteiger partial charge in [0, 0.05) is 18.4 Å². The summed E-state index contributed by atoms with van der Waals surface area (Å²) in [4.78, 5) is 0. The number of halogens is 1. The maximum Gasteiger partial charge on any atom is 0.105 e. The van der Waals surface area contributed by atoms with Crippen molar-refractivity contribution in [3.63, 3.8) is 0 Å². The van der Waals surface area contributed by atoms with Crippen LogP contribution in [0.2, 0.25) is 0 Å². The van der Waals surface area contributed by atoms with Crippen molar-refractivity contribution in [1.29, 1.82) is 0 Å². The monoisotopic (exact) mass is 230 g/mol. The SMILES string of the molecule is OCC1(Cc2cc(Br)co2)CC1. The molecule has 0 spiro atoms. The van der Waals surface area contributed by atoms with Crippen molar-refractivity contribution >= 4 is 15.9 Å². The molecule has 3 heteroatoms. The Morgan fingerprint density at radius 3 is 2.75 bits per heavy atom. The van der Waals surface area contributed by atoms with Crippen molar-refractivity contribution in [2.75, 3.05) is 6.61 Å². The van der Waals surface area contributed by atoms with Gasteiger partial charge in [0.15, 0.2) is 0 Å². The molecule has 0 radical (unpaired) electrons. The van der Waals surface area contributed by atoms with Crippen LogP contribution in [-0.4, -0.2) is 11.7 Å². The highest BCUT2D eigenvalue weighted by Crippen LogP contribution is 2.48. The lowest BCUT2D eigenvalue weighted by atomic mass is 10.0. The van der Waals surface area contributed by atoms with Gasteiger partial charge in [0.05, 0.1) is 4.47 Å². The van der Waals surface area contributed by atoms with Crippen LogP contribution in [0.15, 0.2) is 21.2 Å². The molecule has 2 rings (SSSR count). The van der Waals surface area contributed by atoms with E-state index in [-0.39, 0.29) is 12.0 Å². The number of furan rings is 1. The van der Waals surface area contributed by atoms with Gasteiger partial charge in [0.25, 0.3) is 0 Å². The van der Waals surface area contributed by atoms with E-state index in [4.69, 9.17) is 9.52 Å². The second-order valence-corrected chi connectivity index (χ2v) is 4.48. The summed E-state index contributed by atoms with van der Waals surface area (Å²) in [6.45, 7) is 0.283. The topological polar surface area (TPSA) is 33.4 Å². The molecule has 0 aromatic carbocycles. The Labute approximate surface area is 79.7 Å². The highest BCUT2D eigenvalue weighted by molar-refractivity contribution is 9.10. The summed E-state index contributed by atoms with van der Waals surface area (Å²) in [7, 11) is 0. The lowest BCUT2D eigenvalue weighted by molar-refractivity contribution is 0.204. The fraction of sp³-hybridized carbons (Fsp3) is 0.556. The summed E-state index contributed by atoms with van der Waals surface area (Å²) < 4.78 is 6.26. The molecule has 66 valence electrons. The highest BCUT2D eigenvalue weighted by Gasteiger charge is 2.42. The molecule has 12 heavy (non-hydrogen) atoms. The van der Waals surface area contributed by atoms with E-state index in [1.165, 1.54) is 0 Å². The molecule has 2 nitrogen and oxygen atoms in total. The molecule has 0 unspecified atom stereocenters. The Kier molecular flexibility index (Phi) is 2.00. The first-order chi connectivity index (χ1) is 5.74. The van der Waals surface area contributed by atoms with Crippen molar-refractivity contribution in [2.45, 2.75) is 19.3 Å². The standard InChI is InChI=1S/C9H11BrO2/c10-7-3-8(12-5-7)4-9(6-11)1-2-9/h3,5,11H,1-2,4,6H2. The predicted molar refractivity (Wildman–Crippen MR) is 48.9 cm³/mol. The molecule has 1 aliphatic carbocycles. The summed E-state index contributed by atoms with van der Waals surface area (Å²) >= 11 is 3.33. The minimum absolute atomic E-state index is 0.150. The summed E-state index contributed by atoms with van der Waals surface area (Å²) in [6.07, 6.45) is 4.81. The van der Waals surface area contributed by atoms with E-state index in [1.54, 1.807) is 6.26 Å². The van der Waals surface area contributed by atoms with Gasteiger partial charge in [-0.3, -0.25) is 0 Å². The van der Waals surface area contributed by atoms with E-state index in [0.717, 1.165) is 29.5 Å². The number of aliphatic hydroxyl groups is 1. The molecule has 1 aromatic heterocycles. The average molecular weight is 231 g/mol. The van der Waals surface area contributed by atoms with E-state index in [0.29, 0.717) is 0 Å². The van der Waals surface area contributed by atoms with E-state index in [2.05, 4.69) is 15.9 Å². The van der Waals surface area contributed by atoms with E-state index < -0.39 is 0 Å². The fourth-order valence-electron chi connectivity index (χ4n) is 1.38. The van der Waals surface area contributed by atoms with Gasteiger partial charge in [0.2, 0.25) is 0 Å². The zero-order valence-electron chi connectivity index (χ0n) is 6.72. The van der Waals surface area contributed by atoms with Crippen molar-refractivity contribution in [3.05, 3.63) is 22.6 Å². The minimum Gasteiger partial charge on any atom is -0.468 e. The smallest absolute Gasteiger partial charge is 0.105 e. The number of hydrogen-bond donors (Lipinski definition) is 1. The Balaban J connectivity index is 2.04. The zero-order chi connectivity index (χ0) is 8.60. The van der Waals surface area contributed by atoms with E-state index >= 15 is 0 Å². The molecule has 0 saturated heterocycles. The van der Waals surface area contributed by atoms with Gasteiger partial charge in [-0.15, -0.1) is 0 Å². The van der Waals surface area contributed by atoms with Crippen LogP contribution < -0.4 is 0 Å². The summed E-state index contributed by atoms with van der Waals surface area (Å²) in [5, 5.41) is 9.07. The van der Waals surface area contributed by atoms with Gasteiger partial charge in [-0.2, -0.15) is 0 Å². The molecule has 1 aliphatic rings. The summed E-state index contributed by atoms with van der Waals surface area (Å²) in [5.41, 5.74) is 0.150. The average Bonchev–Trinajstić information content (AvgIpc) is 2.71. The van der Waals surface area contributed by atoms with E-state index in [1.807, 2.05) is 6.07 Å².